The van der Waals surface area contributed by atoms with Gasteiger partial charge < -0.3 is 9.63 Å². The first kappa shape index (κ1) is 11.7. The third kappa shape index (κ3) is 2.68. The maximum atomic E-state index is 8.72. The van der Waals surface area contributed by atoms with E-state index >= 15 is 0 Å². The van der Waals surface area contributed by atoms with Crippen LogP contribution in [0, 0.1) is 13.8 Å². The SMILES string of the molecule is Cc1cnc(-c2noc(CCCO)n2)c(C)c1. The maximum Gasteiger partial charge on any atom is 0.227 e. The summed E-state index contributed by atoms with van der Waals surface area (Å²) in [6.07, 6.45) is 3.00. The highest BCUT2D eigenvalue weighted by Gasteiger charge is 2.11. The van der Waals surface area contributed by atoms with Gasteiger partial charge in [0.25, 0.3) is 0 Å². The second-order valence-corrected chi connectivity index (χ2v) is 4.02. The summed E-state index contributed by atoms with van der Waals surface area (Å²) in [6, 6.07) is 2.03. The minimum Gasteiger partial charge on any atom is -0.396 e. The summed E-state index contributed by atoms with van der Waals surface area (Å²) >= 11 is 0. The van der Waals surface area contributed by atoms with Crippen molar-refractivity contribution < 1.29 is 9.63 Å². The van der Waals surface area contributed by atoms with E-state index in [0.29, 0.717) is 24.6 Å². The first-order valence-electron chi connectivity index (χ1n) is 5.58. The molecule has 17 heavy (non-hydrogen) atoms. The number of hydrogen-bond donors (Lipinski definition) is 1. The van der Waals surface area contributed by atoms with E-state index in [4.69, 9.17) is 9.63 Å². The normalized spacial score (nSPS) is 10.8. The Labute approximate surface area is 99.5 Å². The highest BCUT2D eigenvalue weighted by molar-refractivity contribution is 5.53. The van der Waals surface area contributed by atoms with E-state index in [-0.39, 0.29) is 6.61 Å². The fraction of sp³-hybridized carbons (Fsp3) is 0.417. The molecule has 5 nitrogen and oxygen atoms in total. The Morgan fingerprint density at radius 3 is 2.88 bits per heavy atom. The predicted molar refractivity (Wildman–Crippen MR) is 62.4 cm³/mol. The third-order valence-corrected chi connectivity index (χ3v) is 2.44. The van der Waals surface area contributed by atoms with Crippen molar-refractivity contribution in [2.75, 3.05) is 6.61 Å². The Kier molecular flexibility index (Phi) is 3.49. The van der Waals surface area contributed by atoms with Gasteiger partial charge in [-0.1, -0.05) is 11.2 Å². The van der Waals surface area contributed by atoms with Gasteiger partial charge >= 0.3 is 0 Å². The molecular weight excluding hydrogens is 218 g/mol. The smallest absolute Gasteiger partial charge is 0.227 e. The summed E-state index contributed by atoms with van der Waals surface area (Å²) < 4.78 is 5.09. The minimum atomic E-state index is 0.125. The molecule has 0 saturated carbocycles. The lowest BCUT2D eigenvalue weighted by Crippen LogP contribution is -1.92. The van der Waals surface area contributed by atoms with E-state index in [1.165, 1.54) is 0 Å². The minimum absolute atomic E-state index is 0.125. The molecule has 5 heteroatoms. The number of rotatable bonds is 4. The van der Waals surface area contributed by atoms with Crippen LogP contribution in [0.5, 0.6) is 0 Å². The Hall–Kier alpha value is -1.75. The molecule has 0 radical (unpaired) electrons. The van der Waals surface area contributed by atoms with Crippen LogP contribution in [0.25, 0.3) is 11.5 Å². The van der Waals surface area contributed by atoms with Crippen LogP contribution in [0.2, 0.25) is 0 Å². The summed E-state index contributed by atoms with van der Waals surface area (Å²) in [7, 11) is 0. The van der Waals surface area contributed by atoms with Crippen molar-refractivity contribution in [2.45, 2.75) is 26.7 Å². The van der Waals surface area contributed by atoms with Crippen LogP contribution >= 0.6 is 0 Å². The van der Waals surface area contributed by atoms with Gasteiger partial charge in [0.05, 0.1) is 0 Å². The number of aromatic nitrogens is 3. The summed E-state index contributed by atoms with van der Waals surface area (Å²) in [5.41, 5.74) is 2.88. The molecule has 0 unspecified atom stereocenters. The zero-order chi connectivity index (χ0) is 12.3. The number of aliphatic hydroxyl groups is 1. The third-order valence-electron chi connectivity index (χ3n) is 2.44. The van der Waals surface area contributed by atoms with Gasteiger partial charge in [-0.3, -0.25) is 4.98 Å². The van der Waals surface area contributed by atoms with Crippen molar-refractivity contribution in [1.29, 1.82) is 0 Å². The van der Waals surface area contributed by atoms with Gasteiger partial charge in [0.15, 0.2) is 0 Å². The van der Waals surface area contributed by atoms with Gasteiger partial charge in [0.2, 0.25) is 11.7 Å². The van der Waals surface area contributed by atoms with Gasteiger partial charge in [-0.05, 0) is 31.4 Å². The van der Waals surface area contributed by atoms with Crippen LogP contribution in [0.15, 0.2) is 16.8 Å². The Morgan fingerprint density at radius 1 is 1.35 bits per heavy atom. The van der Waals surface area contributed by atoms with Crippen molar-refractivity contribution >= 4 is 0 Å². The van der Waals surface area contributed by atoms with Crippen LogP contribution < -0.4 is 0 Å². The molecule has 0 amide bonds. The summed E-state index contributed by atoms with van der Waals surface area (Å²) in [4.78, 5) is 8.56. The number of hydrogen-bond acceptors (Lipinski definition) is 5. The molecule has 2 aromatic rings. The molecule has 0 fully saturated rings. The average Bonchev–Trinajstić information content (AvgIpc) is 2.75. The highest BCUT2D eigenvalue weighted by Crippen LogP contribution is 2.18. The molecule has 0 aliphatic heterocycles. The summed E-state index contributed by atoms with van der Waals surface area (Å²) in [6.45, 7) is 4.09. The molecular formula is C12H15N3O2. The van der Waals surface area contributed by atoms with Crippen LogP contribution in [0.3, 0.4) is 0 Å². The molecule has 0 atom stereocenters. The van der Waals surface area contributed by atoms with Crippen LogP contribution in [0.1, 0.15) is 23.4 Å². The van der Waals surface area contributed by atoms with E-state index in [2.05, 4.69) is 15.1 Å². The second kappa shape index (κ2) is 5.05. The van der Waals surface area contributed by atoms with E-state index < -0.39 is 0 Å². The molecule has 2 aromatic heterocycles. The van der Waals surface area contributed by atoms with Crippen molar-refractivity contribution in [3.05, 3.63) is 29.3 Å². The van der Waals surface area contributed by atoms with E-state index in [9.17, 15) is 0 Å². The Morgan fingerprint density at radius 2 is 2.18 bits per heavy atom. The lowest BCUT2D eigenvalue weighted by molar-refractivity contribution is 0.278. The Balaban J connectivity index is 2.24. The lowest BCUT2D eigenvalue weighted by Gasteiger charge is -2.00. The molecule has 0 aliphatic carbocycles. The molecule has 0 aromatic carbocycles. The van der Waals surface area contributed by atoms with Gasteiger partial charge in [-0.15, -0.1) is 0 Å². The van der Waals surface area contributed by atoms with E-state index in [1.807, 2.05) is 19.9 Å². The number of pyridine rings is 1. The molecule has 1 N–H and O–H groups in total. The van der Waals surface area contributed by atoms with E-state index in [0.717, 1.165) is 16.8 Å². The second-order valence-electron chi connectivity index (χ2n) is 4.02. The first-order chi connectivity index (χ1) is 8.20. The first-order valence-corrected chi connectivity index (χ1v) is 5.58. The van der Waals surface area contributed by atoms with E-state index in [1.54, 1.807) is 6.20 Å². The number of nitrogens with zero attached hydrogens (tertiary/aromatic N) is 3. The number of aliphatic hydroxyl groups excluding tert-OH is 1. The summed E-state index contributed by atoms with van der Waals surface area (Å²) in [5, 5.41) is 12.6. The Bertz CT molecular complexity index is 508. The largest absolute Gasteiger partial charge is 0.396 e. The quantitative estimate of drug-likeness (QED) is 0.869. The van der Waals surface area contributed by atoms with Crippen LogP contribution in [-0.4, -0.2) is 26.8 Å². The van der Waals surface area contributed by atoms with Crippen molar-refractivity contribution in [1.82, 2.24) is 15.1 Å². The van der Waals surface area contributed by atoms with Gasteiger partial charge in [-0.25, -0.2) is 0 Å². The molecule has 2 heterocycles. The van der Waals surface area contributed by atoms with Crippen molar-refractivity contribution in [3.63, 3.8) is 0 Å². The van der Waals surface area contributed by atoms with Gasteiger partial charge in [-0.2, -0.15) is 4.98 Å². The lowest BCUT2D eigenvalue weighted by atomic mass is 10.1. The molecule has 0 spiro atoms. The zero-order valence-electron chi connectivity index (χ0n) is 9.97. The van der Waals surface area contributed by atoms with Crippen molar-refractivity contribution in [2.24, 2.45) is 0 Å². The topological polar surface area (TPSA) is 72.0 Å². The molecule has 0 saturated heterocycles. The molecule has 0 aliphatic rings. The molecule has 0 bridgehead atoms. The zero-order valence-corrected chi connectivity index (χ0v) is 9.97. The van der Waals surface area contributed by atoms with Gasteiger partial charge in [0, 0.05) is 19.2 Å². The van der Waals surface area contributed by atoms with Crippen LogP contribution in [-0.2, 0) is 6.42 Å². The standard InChI is InChI=1S/C12H15N3O2/c1-8-6-9(2)11(13-7-8)12-14-10(17-15-12)4-3-5-16/h6-7,16H,3-5H2,1-2H3. The van der Waals surface area contributed by atoms with Crippen LogP contribution in [0.4, 0.5) is 0 Å². The average molecular weight is 233 g/mol. The maximum absolute atomic E-state index is 8.72. The van der Waals surface area contributed by atoms with Gasteiger partial charge in [0.1, 0.15) is 5.69 Å². The predicted octanol–water partition coefficient (Wildman–Crippen LogP) is 1.67. The fourth-order valence-electron chi connectivity index (χ4n) is 1.63. The molecule has 2 rings (SSSR count). The number of aryl methyl sites for hydroxylation is 3. The molecule has 90 valence electrons. The van der Waals surface area contributed by atoms with Crippen molar-refractivity contribution in [3.8, 4) is 11.5 Å². The monoisotopic (exact) mass is 233 g/mol. The fourth-order valence-corrected chi connectivity index (χ4v) is 1.63. The highest BCUT2D eigenvalue weighted by atomic mass is 16.5. The summed E-state index contributed by atoms with van der Waals surface area (Å²) in [5.74, 6) is 1.05.